The lowest BCUT2D eigenvalue weighted by atomic mass is 9.84. The zero-order chi connectivity index (χ0) is 21.9. The molecule has 28 heavy (non-hydrogen) atoms. The second-order valence-electron chi connectivity index (χ2n) is 7.93. The maximum absolute atomic E-state index is 11.8. The second kappa shape index (κ2) is 10.0. The zero-order valence-electron chi connectivity index (χ0n) is 18.8. The van der Waals surface area contributed by atoms with E-state index in [4.69, 9.17) is 25.9 Å². The fraction of sp³-hybridized carbons (Fsp3) is 0.667. The van der Waals surface area contributed by atoms with Crippen LogP contribution < -0.4 is 10.2 Å². The zero-order valence-corrected chi connectivity index (χ0v) is 18.3. The Kier molecular flexibility index (Phi) is 6.75. The molecular formula is C21H32Cl2N4O. The molecule has 0 atom stereocenters. The van der Waals surface area contributed by atoms with Crippen LogP contribution in [0.4, 0.5) is 10.5 Å². The van der Waals surface area contributed by atoms with Crippen LogP contribution in [0.15, 0.2) is 18.2 Å². The van der Waals surface area contributed by atoms with E-state index in [1.807, 2.05) is 12.1 Å². The van der Waals surface area contributed by atoms with Gasteiger partial charge in [0.2, 0.25) is 0 Å². The number of nitrogens with zero attached hydrogens (tertiary/aromatic N) is 3. The monoisotopic (exact) mass is 428 g/mol. The Labute approximate surface area is 181 Å². The van der Waals surface area contributed by atoms with Gasteiger partial charge in [0.05, 0.1) is 15.7 Å². The molecule has 2 aliphatic rings. The molecule has 7 heteroatoms. The standard InChI is InChI=1S/C21H32Cl2N4O/c1-25(2)21(28)24-17-8-6-16(7-9-17)10-11-26-12-14-27(15-13-26)19-5-3-4-18(22)20(19)23/h3-5,16-17H,6-15H2,1-2H3,(H,24,28)/i10D2. The molecule has 2 amide bonds. The van der Waals surface area contributed by atoms with Gasteiger partial charge >= 0.3 is 6.03 Å². The van der Waals surface area contributed by atoms with Crippen molar-refractivity contribution in [1.29, 1.82) is 0 Å². The first-order valence-electron chi connectivity index (χ1n) is 11.1. The van der Waals surface area contributed by atoms with E-state index in [9.17, 15) is 4.79 Å². The molecule has 1 saturated carbocycles. The Morgan fingerprint density at radius 3 is 2.50 bits per heavy atom. The molecule has 0 radical (unpaired) electrons. The number of urea groups is 1. The molecule has 0 unspecified atom stereocenters. The van der Waals surface area contributed by atoms with Gasteiger partial charge in [-0.1, -0.05) is 29.3 Å². The predicted molar refractivity (Wildman–Crippen MR) is 118 cm³/mol. The maximum atomic E-state index is 11.8. The fourth-order valence-corrected chi connectivity index (χ4v) is 4.30. The second-order valence-corrected chi connectivity index (χ2v) is 8.72. The van der Waals surface area contributed by atoms with Gasteiger partial charge in [-0.05, 0) is 56.7 Å². The molecule has 1 aliphatic heterocycles. The normalized spacial score (nSPS) is 25.1. The van der Waals surface area contributed by atoms with Gasteiger partial charge in [0, 0.05) is 49.1 Å². The van der Waals surface area contributed by atoms with Crippen LogP contribution in [0.25, 0.3) is 0 Å². The SMILES string of the molecule is [2H]C([2H])(CN1CCN(c2cccc(Cl)c2Cl)CC1)C1CCC(NC(=O)N(C)C)CC1. The smallest absolute Gasteiger partial charge is 0.317 e. The first-order chi connectivity index (χ1) is 14.2. The number of benzene rings is 1. The molecular weight excluding hydrogens is 395 g/mol. The minimum absolute atomic E-state index is 0.0328. The molecule has 2 fully saturated rings. The van der Waals surface area contributed by atoms with Crippen molar-refractivity contribution in [3.05, 3.63) is 28.2 Å². The number of anilines is 1. The van der Waals surface area contributed by atoms with Crippen molar-refractivity contribution < 1.29 is 7.54 Å². The Bertz CT molecular complexity index is 734. The first-order valence-corrected chi connectivity index (χ1v) is 10.8. The molecule has 0 bridgehead atoms. The molecule has 1 aromatic rings. The van der Waals surface area contributed by atoms with Crippen LogP contribution in [0.1, 0.15) is 34.8 Å². The van der Waals surface area contributed by atoms with Crippen LogP contribution in [-0.4, -0.2) is 68.7 Å². The van der Waals surface area contributed by atoms with Gasteiger partial charge in [0.15, 0.2) is 0 Å². The van der Waals surface area contributed by atoms with Crippen LogP contribution in [0.5, 0.6) is 0 Å². The third kappa shape index (κ3) is 5.68. The summed E-state index contributed by atoms with van der Waals surface area (Å²) in [7, 11) is 3.47. The number of nitrogens with one attached hydrogen (secondary N) is 1. The molecule has 5 nitrogen and oxygen atoms in total. The van der Waals surface area contributed by atoms with Gasteiger partial charge in [-0.25, -0.2) is 4.79 Å². The average Bonchev–Trinajstić information content (AvgIpc) is 2.71. The lowest BCUT2D eigenvalue weighted by Crippen LogP contribution is -2.47. The summed E-state index contributed by atoms with van der Waals surface area (Å²) in [6.45, 7) is 3.66. The van der Waals surface area contributed by atoms with E-state index in [2.05, 4.69) is 15.1 Å². The van der Waals surface area contributed by atoms with Gasteiger partial charge < -0.3 is 15.1 Å². The predicted octanol–water partition coefficient (Wildman–Crippen LogP) is 4.34. The van der Waals surface area contributed by atoms with Crippen molar-refractivity contribution in [2.24, 2.45) is 5.92 Å². The number of hydrogen-bond donors (Lipinski definition) is 1. The van der Waals surface area contributed by atoms with Gasteiger partial charge in [-0.15, -0.1) is 0 Å². The van der Waals surface area contributed by atoms with Crippen molar-refractivity contribution >= 4 is 34.9 Å². The summed E-state index contributed by atoms with van der Waals surface area (Å²) < 4.78 is 17.4. The highest BCUT2D eigenvalue weighted by molar-refractivity contribution is 6.43. The van der Waals surface area contributed by atoms with Crippen LogP contribution in [0, 0.1) is 5.92 Å². The minimum Gasteiger partial charge on any atom is -0.368 e. The highest BCUT2D eigenvalue weighted by atomic mass is 35.5. The van der Waals surface area contributed by atoms with E-state index in [1.54, 1.807) is 25.1 Å². The minimum atomic E-state index is -1.23. The number of amides is 2. The lowest BCUT2D eigenvalue weighted by Gasteiger charge is -2.37. The van der Waals surface area contributed by atoms with Gasteiger partial charge in [-0.2, -0.15) is 0 Å². The van der Waals surface area contributed by atoms with Crippen molar-refractivity contribution in [1.82, 2.24) is 15.1 Å². The number of halogens is 2. The molecule has 1 aliphatic carbocycles. The summed E-state index contributed by atoms with van der Waals surface area (Å²) in [6.07, 6.45) is 2.06. The van der Waals surface area contributed by atoms with Crippen molar-refractivity contribution in [3.63, 3.8) is 0 Å². The number of carbonyl (C=O) groups excluding carboxylic acids is 1. The summed E-state index contributed by atoms with van der Waals surface area (Å²) in [5.41, 5.74) is 0.949. The van der Waals surface area contributed by atoms with E-state index >= 15 is 0 Å². The fourth-order valence-electron chi connectivity index (χ4n) is 3.89. The first kappa shape index (κ1) is 18.8. The molecule has 1 saturated heterocycles. The van der Waals surface area contributed by atoms with E-state index in [0.29, 0.717) is 16.6 Å². The average molecular weight is 429 g/mol. The van der Waals surface area contributed by atoms with E-state index in [-0.39, 0.29) is 18.0 Å². The largest absolute Gasteiger partial charge is 0.368 e. The molecule has 156 valence electrons. The van der Waals surface area contributed by atoms with Crippen LogP contribution in [0.3, 0.4) is 0 Å². The Morgan fingerprint density at radius 1 is 1.18 bits per heavy atom. The van der Waals surface area contributed by atoms with E-state index in [1.165, 1.54) is 0 Å². The number of rotatable bonds is 5. The summed E-state index contributed by atoms with van der Waals surface area (Å²) >= 11 is 12.5. The van der Waals surface area contributed by atoms with Gasteiger partial charge in [0.1, 0.15) is 0 Å². The summed E-state index contributed by atoms with van der Waals surface area (Å²) in [4.78, 5) is 17.8. The Hall–Kier alpha value is -1.17. The Balaban J connectivity index is 1.47. The highest BCUT2D eigenvalue weighted by Crippen LogP contribution is 2.33. The third-order valence-electron chi connectivity index (χ3n) is 5.71. The quantitative estimate of drug-likeness (QED) is 0.757. The molecule has 0 aromatic heterocycles. The van der Waals surface area contributed by atoms with Crippen LogP contribution in [-0.2, 0) is 0 Å². The highest BCUT2D eigenvalue weighted by Gasteiger charge is 2.24. The number of piperazine rings is 1. The molecule has 1 N–H and O–H groups in total. The summed E-state index contributed by atoms with van der Waals surface area (Å²) in [6, 6.07) is 5.76. The van der Waals surface area contributed by atoms with Crippen LogP contribution >= 0.6 is 23.2 Å². The van der Waals surface area contributed by atoms with Gasteiger partial charge in [0.25, 0.3) is 0 Å². The van der Waals surface area contributed by atoms with Crippen LogP contribution in [0.2, 0.25) is 10.0 Å². The van der Waals surface area contributed by atoms with E-state index in [0.717, 1.165) is 57.5 Å². The van der Waals surface area contributed by atoms with Crippen molar-refractivity contribution in [2.45, 2.75) is 38.1 Å². The Morgan fingerprint density at radius 2 is 1.86 bits per heavy atom. The molecule has 1 aromatic carbocycles. The van der Waals surface area contributed by atoms with Crippen molar-refractivity contribution in [3.8, 4) is 0 Å². The summed E-state index contributed by atoms with van der Waals surface area (Å²) in [5, 5.41) is 4.17. The molecule has 3 rings (SSSR count). The topological polar surface area (TPSA) is 38.8 Å². The van der Waals surface area contributed by atoms with Gasteiger partial charge in [-0.3, -0.25) is 4.90 Å². The molecule has 0 spiro atoms. The lowest BCUT2D eigenvalue weighted by molar-refractivity contribution is 0.194. The maximum Gasteiger partial charge on any atom is 0.317 e. The third-order valence-corrected chi connectivity index (χ3v) is 6.52. The van der Waals surface area contributed by atoms with E-state index < -0.39 is 6.37 Å². The summed E-state index contributed by atoms with van der Waals surface area (Å²) in [5.74, 6) is 0.0328. The number of carbonyl (C=O) groups is 1. The number of hydrogen-bond acceptors (Lipinski definition) is 3. The molecule has 1 heterocycles. The van der Waals surface area contributed by atoms with Crippen molar-refractivity contribution in [2.75, 3.05) is 51.7 Å².